The summed E-state index contributed by atoms with van der Waals surface area (Å²) < 4.78 is 35.8. The molecule has 2 aliphatic rings. The van der Waals surface area contributed by atoms with Gasteiger partial charge in [0.2, 0.25) is 0 Å². The number of nitrogens with zero attached hydrogens (tertiary/aromatic N) is 4. The first kappa shape index (κ1) is 19.4. The zero-order valence-electron chi connectivity index (χ0n) is 17.2. The van der Waals surface area contributed by atoms with Crippen LogP contribution in [0.1, 0.15) is 31.1 Å². The third kappa shape index (κ3) is 3.07. The molecule has 2 fully saturated rings. The molecule has 0 bridgehead atoms. The number of hydrogen-bond acceptors (Lipinski definition) is 6. The maximum atomic E-state index is 13.7. The largest absolute Gasteiger partial charge is 0.383 e. The molecule has 4 atom stereocenters. The number of anilines is 2. The minimum absolute atomic E-state index is 0.0858. The maximum Gasteiger partial charge on any atom is 0.312 e. The predicted molar refractivity (Wildman–Crippen MR) is 116 cm³/mol. The van der Waals surface area contributed by atoms with E-state index in [2.05, 4.69) is 15.0 Å². The predicted octanol–water partition coefficient (Wildman–Crippen LogP) is 3.98. The van der Waals surface area contributed by atoms with Gasteiger partial charge in [-0.1, -0.05) is 12.1 Å². The molecule has 4 aromatic rings. The molecular formula is C23H22F2N6O. The van der Waals surface area contributed by atoms with E-state index in [0.29, 0.717) is 28.4 Å². The number of hydrogen-bond donors (Lipinski definition) is 2. The Morgan fingerprint density at radius 1 is 1.03 bits per heavy atom. The van der Waals surface area contributed by atoms with Crippen molar-refractivity contribution in [1.82, 2.24) is 19.5 Å². The molecule has 3 aromatic heterocycles. The molecule has 32 heavy (non-hydrogen) atoms. The molecule has 1 saturated heterocycles. The molecule has 6 rings (SSSR count). The fourth-order valence-electron chi connectivity index (χ4n) is 5.40. The summed E-state index contributed by atoms with van der Waals surface area (Å²) in [5.74, 6) is 0.345. The summed E-state index contributed by atoms with van der Waals surface area (Å²) >= 11 is 0. The molecule has 1 aliphatic carbocycles. The Kier molecular flexibility index (Phi) is 4.29. The van der Waals surface area contributed by atoms with Crippen LogP contribution < -0.4 is 11.5 Å². The lowest BCUT2D eigenvalue weighted by Gasteiger charge is -2.21. The van der Waals surface area contributed by atoms with Crippen LogP contribution in [0, 0.1) is 23.7 Å². The third-order valence-electron chi connectivity index (χ3n) is 6.90. The maximum absolute atomic E-state index is 13.7. The molecule has 7 nitrogen and oxygen atoms in total. The SMILES string of the molecule is Nc1nc2cc(CC3CCC4CC(n5ccc6c(N)nc(F)nc65)OC34)ccc2cc1F. The molecule has 164 valence electrons. The fourth-order valence-corrected chi connectivity index (χ4v) is 5.40. The quantitative estimate of drug-likeness (QED) is 0.471. The van der Waals surface area contributed by atoms with Crippen molar-refractivity contribution in [2.75, 3.05) is 11.5 Å². The van der Waals surface area contributed by atoms with E-state index >= 15 is 0 Å². The Morgan fingerprint density at radius 2 is 1.91 bits per heavy atom. The van der Waals surface area contributed by atoms with E-state index in [0.717, 1.165) is 36.6 Å². The number of rotatable bonds is 3. The molecule has 1 aliphatic heterocycles. The van der Waals surface area contributed by atoms with Crippen LogP contribution >= 0.6 is 0 Å². The van der Waals surface area contributed by atoms with Crippen LogP contribution in [0.15, 0.2) is 36.5 Å². The Morgan fingerprint density at radius 3 is 2.78 bits per heavy atom. The highest BCUT2D eigenvalue weighted by Crippen LogP contribution is 2.47. The smallest absolute Gasteiger partial charge is 0.312 e. The van der Waals surface area contributed by atoms with Gasteiger partial charge in [0.15, 0.2) is 17.3 Å². The third-order valence-corrected chi connectivity index (χ3v) is 6.90. The molecule has 1 aromatic carbocycles. The molecule has 0 amide bonds. The minimum atomic E-state index is -0.837. The van der Waals surface area contributed by atoms with Crippen molar-refractivity contribution in [2.45, 2.75) is 38.0 Å². The summed E-state index contributed by atoms with van der Waals surface area (Å²) in [5, 5.41) is 1.36. The Labute approximate surface area is 182 Å². The second kappa shape index (κ2) is 7.09. The van der Waals surface area contributed by atoms with Crippen molar-refractivity contribution >= 4 is 33.6 Å². The summed E-state index contributed by atoms with van der Waals surface area (Å²) in [4.78, 5) is 11.7. The molecule has 4 unspecified atom stereocenters. The average Bonchev–Trinajstić information content (AvgIpc) is 3.44. The molecule has 0 spiro atoms. The van der Waals surface area contributed by atoms with Gasteiger partial charge in [0.25, 0.3) is 0 Å². The van der Waals surface area contributed by atoms with Crippen molar-refractivity contribution in [1.29, 1.82) is 0 Å². The van der Waals surface area contributed by atoms with Crippen molar-refractivity contribution in [3.63, 3.8) is 0 Å². The van der Waals surface area contributed by atoms with E-state index in [9.17, 15) is 8.78 Å². The molecular weight excluding hydrogens is 414 g/mol. The van der Waals surface area contributed by atoms with Gasteiger partial charge in [0.1, 0.15) is 12.0 Å². The van der Waals surface area contributed by atoms with E-state index < -0.39 is 11.9 Å². The summed E-state index contributed by atoms with van der Waals surface area (Å²) in [5.41, 5.74) is 13.8. The van der Waals surface area contributed by atoms with Crippen molar-refractivity contribution in [2.24, 2.45) is 11.8 Å². The number of halogens is 2. The van der Waals surface area contributed by atoms with Gasteiger partial charge in [0, 0.05) is 11.6 Å². The van der Waals surface area contributed by atoms with Crippen LogP contribution in [0.5, 0.6) is 0 Å². The second-order valence-corrected chi connectivity index (χ2v) is 8.81. The van der Waals surface area contributed by atoms with Gasteiger partial charge in [-0.3, -0.25) is 0 Å². The number of aromatic nitrogens is 4. The fraction of sp³-hybridized carbons (Fsp3) is 0.348. The van der Waals surface area contributed by atoms with Crippen molar-refractivity contribution < 1.29 is 13.5 Å². The van der Waals surface area contributed by atoms with E-state index in [4.69, 9.17) is 16.2 Å². The van der Waals surface area contributed by atoms with E-state index in [-0.39, 0.29) is 24.0 Å². The van der Waals surface area contributed by atoms with Gasteiger partial charge in [-0.15, -0.1) is 0 Å². The lowest BCUT2D eigenvalue weighted by atomic mass is 9.93. The molecule has 4 heterocycles. The average molecular weight is 436 g/mol. The highest BCUT2D eigenvalue weighted by Gasteiger charge is 2.45. The van der Waals surface area contributed by atoms with Gasteiger partial charge in [0.05, 0.1) is 17.0 Å². The number of benzene rings is 1. The van der Waals surface area contributed by atoms with E-state index in [1.807, 2.05) is 29.0 Å². The first-order chi connectivity index (χ1) is 15.5. The van der Waals surface area contributed by atoms with Gasteiger partial charge in [-0.05, 0) is 61.3 Å². The van der Waals surface area contributed by atoms with Crippen LogP contribution in [0.2, 0.25) is 0 Å². The van der Waals surface area contributed by atoms with Crippen LogP contribution in [0.4, 0.5) is 20.4 Å². The number of nitrogens with two attached hydrogens (primary N) is 2. The van der Waals surface area contributed by atoms with Crippen LogP contribution in [-0.4, -0.2) is 25.6 Å². The number of fused-ring (bicyclic) bond motifs is 3. The monoisotopic (exact) mass is 436 g/mol. The lowest BCUT2D eigenvalue weighted by Crippen LogP contribution is -2.21. The van der Waals surface area contributed by atoms with Gasteiger partial charge in [-0.2, -0.15) is 14.4 Å². The first-order valence-electron chi connectivity index (χ1n) is 10.8. The van der Waals surface area contributed by atoms with E-state index in [1.165, 1.54) is 6.07 Å². The normalized spacial score (nSPS) is 25.1. The van der Waals surface area contributed by atoms with Crippen molar-refractivity contribution in [3.8, 4) is 0 Å². The molecule has 1 saturated carbocycles. The van der Waals surface area contributed by atoms with Crippen molar-refractivity contribution in [3.05, 3.63) is 54.0 Å². The van der Waals surface area contributed by atoms with Crippen LogP contribution in [0.25, 0.3) is 21.9 Å². The molecule has 0 radical (unpaired) electrons. The molecule has 4 N–H and O–H groups in total. The number of ether oxygens (including phenoxy) is 1. The highest BCUT2D eigenvalue weighted by molar-refractivity contribution is 5.86. The first-order valence-corrected chi connectivity index (χ1v) is 10.8. The van der Waals surface area contributed by atoms with Gasteiger partial charge >= 0.3 is 6.08 Å². The van der Waals surface area contributed by atoms with Gasteiger partial charge < -0.3 is 20.8 Å². The number of nitrogen functional groups attached to an aromatic ring is 2. The zero-order valence-corrected chi connectivity index (χ0v) is 17.2. The lowest BCUT2D eigenvalue weighted by molar-refractivity contribution is -0.0207. The van der Waals surface area contributed by atoms with Gasteiger partial charge in [-0.25, -0.2) is 9.37 Å². The Hall–Kier alpha value is -3.33. The molecule has 9 heteroatoms. The summed E-state index contributed by atoms with van der Waals surface area (Å²) in [6.45, 7) is 0. The standard InChI is InChI=1S/C23H22F2N6O/c24-16-9-12-2-1-11(8-17(12)28-21(16)27)7-13-3-4-14-10-18(32-19(13)14)31-6-5-15-20(26)29-23(25)30-22(15)31/h1-2,5-6,8-9,13-14,18-19H,3-4,7,10H2,(H2,27,28)(H2,26,29,30). The van der Waals surface area contributed by atoms with Crippen LogP contribution in [0.3, 0.4) is 0 Å². The van der Waals surface area contributed by atoms with E-state index in [1.54, 1.807) is 6.07 Å². The summed E-state index contributed by atoms with van der Waals surface area (Å²) in [6, 6.07) is 9.09. The highest BCUT2D eigenvalue weighted by atomic mass is 19.1. The minimum Gasteiger partial charge on any atom is -0.383 e. The van der Waals surface area contributed by atoms with Crippen LogP contribution in [-0.2, 0) is 11.2 Å². The second-order valence-electron chi connectivity index (χ2n) is 8.81. The topological polar surface area (TPSA) is 105 Å². The zero-order chi connectivity index (χ0) is 22.0. The summed E-state index contributed by atoms with van der Waals surface area (Å²) in [7, 11) is 0. The Bertz CT molecular complexity index is 1360. The summed E-state index contributed by atoms with van der Waals surface area (Å²) in [6.07, 6.45) is 4.77. The number of pyridine rings is 1. The Balaban J connectivity index is 1.24.